The summed E-state index contributed by atoms with van der Waals surface area (Å²) in [6.07, 6.45) is 3.98. The maximum absolute atomic E-state index is 15.5. The number of hydrogen-bond donors (Lipinski definition) is 2. The summed E-state index contributed by atoms with van der Waals surface area (Å²) < 4.78 is 21.2. The van der Waals surface area contributed by atoms with Gasteiger partial charge in [-0.1, -0.05) is 33.4 Å². The lowest BCUT2D eigenvalue weighted by atomic mass is 9.46. The van der Waals surface area contributed by atoms with Crippen molar-refractivity contribution in [1.29, 1.82) is 0 Å². The molecule has 0 aliphatic heterocycles. The van der Waals surface area contributed by atoms with Crippen molar-refractivity contribution in [2.75, 3.05) is 6.61 Å². The molecule has 0 radical (unpaired) electrons. The number of aliphatic hydroxyl groups is 2. The Balaban J connectivity index is 1.84. The molecule has 4 aliphatic rings. The summed E-state index contributed by atoms with van der Waals surface area (Å²) in [4.78, 5) is 37.4. The molecule has 32 heavy (non-hydrogen) atoms. The minimum absolute atomic E-state index is 0.121. The number of ether oxygens (including phenoxy) is 1. The Bertz CT molecular complexity index is 939. The molecule has 0 aromatic rings. The first-order valence-electron chi connectivity index (χ1n) is 11.2. The third-order valence-corrected chi connectivity index (χ3v) is 9.00. The van der Waals surface area contributed by atoms with E-state index in [0.717, 1.165) is 6.08 Å². The van der Waals surface area contributed by atoms with Crippen LogP contribution in [-0.4, -0.2) is 52.2 Å². The molecule has 6 nitrogen and oxygen atoms in total. The predicted octanol–water partition coefficient (Wildman–Crippen LogP) is 2.49. The average molecular weight is 447 g/mol. The summed E-state index contributed by atoms with van der Waals surface area (Å²) in [6, 6.07) is 0. The van der Waals surface area contributed by atoms with Crippen LogP contribution in [0.1, 0.15) is 40.0 Å². The first-order valence-corrected chi connectivity index (χ1v) is 11.2. The fourth-order valence-corrected chi connectivity index (χ4v) is 7.84. The van der Waals surface area contributed by atoms with Crippen LogP contribution in [0.4, 0.5) is 4.39 Å². The van der Waals surface area contributed by atoms with Crippen molar-refractivity contribution in [2.45, 2.75) is 57.9 Å². The topological polar surface area (TPSA) is 101 Å². The van der Waals surface area contributed by atoms with Crippen molar-refractivity contribution in [1.82, 2.24) is 0 Å². The van der Waals surface area contributed by atoms with Crippen molar-refractivity contribution >= 4 is 17.5 Å². The highest BCUT2D eigenvalue weighted by Gasteiger charge is 2.73. The van der Waals surface area contributed by atoms with E-state index in [1.54, 1.807) is 13.0 Å². The van der Waals surface area contributed by atoms with E-state index in [4.69, 9.17) is 4.74 Å². The van der Waals surface area contributed by atoms with Gasteiger partial charge in [0.15, 0.2) is 11.4 Å². The number of carbonyl (C=O) groups is 3. The van der Waals surface area contributed by atoms with Crippen molar-refractivity contribution in [2.24, 2.45) is 34.5 Å². The van der Waals surface area contributed by atoms with Crippen LogP contribution >= 0.6 is 0 Å². The SMILES string of the molecule is C=CC(=O)O[C@]1(C(=O)CO)[C@H](C)CC2C3C[C@H](F)C4=CC(=O)C=C[C@]4(C)C3[C@@H](O)C[C@@]21C. The lowest BCUT2D eigenvalue weighted by Gasteiger charge is -2.60. The number of Topliss-reactive ketones (excluding diaryl/α,β-unsaturated/α-hetero) is 1. The van der Waals surface area contributed by atoms with E-state index in [1.165, 1.54) is 12.2 Å². The molecule has 4 aliphatic carbocycles. The molecule has 4 rings (SSSR count). The summed E-state index contributed by atoms with van der Waals surface area (Å²) in [5.74, 6) is -2.93. The van der Waals surface area contributed by atoms with Crippen LogP contribution in [0.2, 0.25) is 0 Å². The largest absolute Gasteiger partial charge is 0.447 e. The molecular weight excluding hydrogens is 415 g/mol. The molecule has 174 valence electrons. The van der Waals surface area contributed by atoms with Gasteiger partial charge in [-0.15, -0.1) is 0 Å². The van der Waals surface area contributed by atoms with Gasteiger partial charge in [-0.25, -0.2) is 9.18 Å². The Morgan fingerprint density at radius 1 is 1.34 bits per heavy atom. The lowest BCUT2D eigenvalue weighted by molar-refractivity contribution is -0.203. The molecule has 0 aromatic heterocycles. The van der Waals surface area contributed by atoms with Crippen molar-refractivity contribution in [3.8, 4) is 0 Å². The minimum Gasteiger partial charge on any atom is -0.447 e. The molecule has 0 amide bonds. The van der Waals surface area contributed by atoms with Crippen LogP contribution in [-0.2, 0) is 19.1 Å². The van der Waals surface area contributed by atoms with Crippen molar-refractivity contribution < 1.29 is 33.7 Å². The van der Waals surface area contributed by atoms with Crippen molar-refractivity contribution in [3.05, 3.63) is 36.5 Å². The highest BCUT2D eigenvalue weighted by atomic mass is 19.1. The monoisotopic (exact) mass is 446 g/mol. The van der Waals surface area contributed by atoms with Gasteiger partial charge in [-0.2, -0.15) is 0 Å². The van der Waals surface area contributed by atoms with E-state index < -0.39 is 53.0 Å². The molecular formula is C25H31FO6. The number of rotatable bonds is 4. The van der Waals surface area contributed by atoms with Crippen LogP contribution in [0, 0.1) is 34.5 Å². The van der Waals surface area contributed by atoms with E-state index in [9.17, 15) is 24.6 Å². The van der Waals surface area contributed by atoms with Gasteiger partial charge in [-0.3, -0.25) is 9.59 Å². The zero-order chi connectivity index (χ0) is 23.6. The summed E-state index contributed by atoms with van der Waals surface area (Å²) >= 11 is 0. The van der Waals surface area contributed by atoms with Crippen LogP contribution in [0.5, 0.6) is 0 Å². The van der Waals surface area contributed by atoms with E-state index in [-0.39, 0.29) is 36.4 Å². The quantitative estimate of drug-likeness (QED) is 0.508. The number of allylic oxidation sites excluding steroid dienone is 4. The number of aliphatic hydroxyl groups excluding tert-OH is 2. The van der Waals surface area contributed by atoms with Gasteiger partial charge in [0.2, 0.25) is 5.78 Å². The number of hydrogen-bond acceptors (Lipinski definition) is 6. The lowest BCUT2D eigenvalue weighted by Crippen LogP contribution is -2.64. The van der Waals surface area contributed by atoms with Gasteiger partial charge in [0.05, 0.1) is 6.10 Å². The molecule has 3 fully saturated rings. The maximum Gasteiger partial charge on any atom is 0.331 e. The first-order chi connectivity index (χ1) is 15.0. The summed E-state index contributed by atoms with van der Waals surface area (Å²) in [5.41, 5.74) is -3.04. The van der Waals surface area contributed by atoms with Gasteiger partial charge in [0.1, 0.15) is 12.8 Å². The molecule has 3 unspecified atom stereocenters. The Hall–Kier alpha value is -2.12. The predicted molar refractivity (Wildman–Crippen MR) is 114 cm³/mol. The van der Waals surface area contributed by atoms with Crippen LogP contribution in [0.3, 0.4) is 0 Å². The van der Waals surface area contributed by atoms with E-state index in [1.807, 2.05) is 13.8 Å². The normalized spacial score (nSPS) is 47.1. The highest BCUT2D eigenvalue weighted by Crippen LogP contribution is 2.69. The zero-order valence-electron chi connectivity index (χ0n) is 18.7. The molecule has 2 N–H and O–H groups in total. The van der Waals surface area contributed by atoms with Gasteiger partial charge in [-0.05, 0) is 48.8 Å². The highest BCUT2D eigenvalue weighted by molar-refractivity contribution is 6.01. The van der Waals surface area contributed by atoms with Crippen molar-refractivity contribution in [3.63, 3.8) is 0 Å². The third kappa shape index (κ3) is 2.80. The first kappa shape index (κ1) is 23.1. The fourth-order valence-electron chi connectivity index (χ4n) is 7.84. The van der Waals surface area contributed by atoms with Crippen LogP contribution in [0.15, 0.2) is 36.5 Å². The molecule has 0 heterocycles. The number of esters is 1. The van der Waals surface area contributed by atoms with Gasteiger partial charge >= 0.3 is 5.97 Å². The molecule has 0 aromatic carbocycles. The molecule has 7 heteroatoms. The number of alkyl halides is 1. The van der Waals surface area contributed by atoms with Gasteiger partial charge in [0, 0.05) is 28.7 Å². The summed E-state index contributed by atoms with van der Waals surface area (Å²) in [7, 11) is 0. The fraction of sp³-hybridized carbons (Fsp3) is 0.640. The second-order valence-electron chi connectivity index (χ2n) is 10.4. The number of fused-ring (bicyclic) bond motifs is 5. The van der Waals surface area contributed by atoms with Crippen LogP contribution in [0.25, 0.3) is 0 Å². The summed E-state index contributed by atoms with van der Waals surface area (Å²) in [6.45, 7) is 8.10. The average Bonchev–Trinajstić information content (AvgIpc) is 2.95. The second kappa shape index (κ2) is 7.45. The molecule has 3 saturated carbocycles. The Morgan fingerprint density at radius 3 is 2.66 bits per heavy atom. The molecule has 9 atom stereocenters. The number of carbonyl (C=O) groups excluding carboxylic acids is 3. The van der Waals surface area contributed by atoms with E-state index in [2.05, 4.69) is 6.58 Å². The second-order valence-corrected chi connectivity index (χ2v) is 10.4. The smallest absolute Gasteiger partial charge is 0.331 e. The van der Waals surface area contributed by atoms with E-state index >= 15 is 4.39 Å². The third-order valence-electron chi connectivity index (χ3n) is 9.00. The van der Waals surface area contributed by atoms with Crippen LogP contribution < -0.4 is 0 Å². The molecule has 0 saturated heterocycles. The zero-order valence-corrected chi connectivity index (χ0v) is 18.7. The summed E-state index contributed by atoms with van der Waals surface area (Å²) in [5, 5.41) is 21.2. The van der Waals surface area contributed by atoms with Gasteiger partial charge in [0.25, 0.3) is 0 Å². The molecule has 0 bridgehead atoms. The van der Waals surface area contributed by atoms with Gasteiger partial charge < -0.3 is 14.9 Å². The standard InChI is InChI=1S/C25H31FO6/c1-5-21(31)32-25(20(30)12-27)13(2)8-16-15-10-18(26)17-9-14(28)6-7-23(17,3)22(15)19(29)11-24(16,25)4/h5-7,9,13,15-16,18-19,22,27,29H,1,8,10-12H2,2-4H3/t13-,15?,16?,18+,19+,22?,23+,24+,25+/m1/s1. The molecule has 0 spiro atoms. The Labute approximate surface area is 187 Å². The maximum atomic E-state index is 15.5. The van der Waals surface area contributed by atoms with E-state index in [0.29, 0.717) is 12.0 Å². The number of halogens is 1. The minimum atomic E-state index is -1.63. The Morgan fingerprint density at radius 2 is 2.03 bits per heavy atom. The Kier molecular flexibility index (Phi) is 5.37. The number of ketones is 2.